The van der Waals surface area contributed by atoms with Crippen LogP contribution in [0.2, 0.25) is 0 Å². The fourth-order valence-corrected chi connectivity index (χ4v) is 1.47. The zero-order valence-electron chi connectivity index (χ0n) is 10.3. The number of benzene rings is 1. The number of carboxylic acid groups (broad SMARTS) is 1. The van der Waals surface area contributed by atoms with Crippen molar-refractivity contribution in [2.24, 2.45) is 0 Å². The van der Waals surface area contributed by atoms with Gasteiger partial charge in [0.15, 0.2) is 0 Å². The molecular formula is C12H16N2O4. The quantitative estimate of drug-likeness (QED) is 0.527. The lowest BCUT2D eigenvalue weighted by atomic mass is 10.2. The first-order valence-electron chi connectivity index (χ1n) is 5.50. The van der Waals surface area contributed by atoms with Crippen LogP contribution in [0.3, 0.4) is 0 Å². The van der Waals surface area contributed by atoms with Crippen molar-refractivity contribution in [3.63, 3.8) is 0 Å². The number of carboxylic acids is 1. The highest BCUT2D eigenvalue weighted by Crippen LogP contribution is 2.13. The molecule has 1 aromatic rings. The fourth-order valence-electron chi connectivity index (χ4n) is 1.47. The molecule has 0 aliphatic rings. The standard InChI is InChI=1S/C12H16N2O4/c1-14(2)10(12(17)18)7-11(16)13-8-3-5-9(15)6-4-8/h3-6,10,15H,7H2,1-2H3,(H,13,16)(H,17,18)/t10-/m1/s1. The summed E-state index contributed by atoms with van der Waals surface area (Å²) >= 11 is 0. The minimum Gasteiger partial charge on any atom is -0.544 e. The van der Waals surface area contributed by atoms with Gasteiger partial charge in [-0.1, -0.05) is 0 Å². The van der Waals surface area contributed by atoms with Crippen molar-refractivity contribution in [3.05, 3.63) is 24.3 Å². The molecule has 0 fully saturated rings. The molecule has 0 aliphatic heterocycles. The number of carbonyl (C=O) groups is 2. The first kappa shape index (κ1) is 14.0. The van der Waals surface area contributed by atoms with Crippen molar-refractivity contribution < 1.29 is 24.7 Å². The number of carbonyl (C=O) groups excluding carboxylic acids is 2. The van der Waals surface area contributed by atoms with Crippen LogP contribution in [-0.2, 0) is 9.59 Å². The molecule has 0 unspecified atom stereocenters. The smallest absolute Gasteiger partial charge is 0.230 e. The Bertz CT molecular complexity index is 428. The second kappa shape index (κ2) is 6.02. The Morgan fingerprint density at radius 3 is 2.33 bits per heavy atom. The second-order valence-electron chi connectivity index (χ2n) is 4.25. The van der Waals surface area contributed by atoms with E-state index < -0.39 is 17.9 Å². The number of anilines is 1. The normalized spacial score (nSPS) is 12.2. The van der Waals surface area contributed by atoms with E-state index in [9.17, 15) is 14.7 Å². The van der Waals surface area contributed by atoms with Crippen LogP contribution in [0.4, 0.5) is 5.69 Å². The van der Waals surface area contributed by atoms with Gasteiger partial charge < -0.3 is 25.2 Å². The van der Waals surface area contributed by atoms with Crippen molar-refractivity contribution in [2.45, 2.75) is 12.5 Å². The van der Waals surface area contributed by atoms with E-state index in [1.807, 2.05) is 0 Å². The number of aromatic hydroxyl groups is 1. The van der Waals surface area contributed by atoms with Gasteiger partial charge in [-0.25, -0.2) is 0 Å². The summed E-state index contributed by atoms with van der Waals surface area (Å²) in [6.45, 7) is 0. The highest BCUT2D eigenvalue weighted by molar-refractivity contribution is 5.93. The number of hydrogen-bond acceptors (Lipinski definition) is 4. The molecule has 1 atom stereocenters. The number of nitrogens with one attached hydrogen (secondary N) is 2. The van der Waals surface area contributed by atoms with E-state index in [4.69, 9.17) is 5.11 Å². The Balaban J connectivity index is 2.60. The molecule has 0 saturated heterocycles. The van der Waals surface area contributed by atoms with Crippen LogP contribution in [0.1, 0.15) is 6.42 Å². The third-order valence-electron chi connectivity index (χ3n) is 2.52. The number of phenolic OH excluding ortho intramolecular Hbond substituents is 1. The average molecular weight is 252 g/mol. The second-order valence-corrected chi connectivity index (χ2v) is 4.25. The SMILES string of the molecule is C[NH+](C)[C@H](CC(=O)Nc1ccc(O)cc1)C(=O)[O-]. The summed E-state index contributed by atoms with van der Waals surface area (Å²) in [7, 11) is 3.29. The maximum Gasteiger partial charge on any atom is 0.230 e. The van der Waals surface area contributed by atoms with Gasteiger partial charge in [0.05, 0.1) is 26.5 Å². The fraction of sp³-hybridized carbons (Fsp3) is 0.333. The largest absolute Gasteiger partial charge is 0.544 e. The third-order valence-corrected chi connectivity index (χ3v) is 2.52. The molecule has 0 bridgehead atoms. The molecule has 0 aliphatic carbocycles. The van der Waals surface area contributed by atoms with Gasteiger partial charge in [-0.15, -0.1) is 0 Å². The predicted octanol–water partition coefficient (Wildman–Crippen LogP) is -2.02. The van der Waals surface area contributed by atoms with Gasteiger partial charge in [0.1, 0.15) is 11.8 Å². The Morgan fingerprint density at radius 2 is 1.89 bits per heavy atom. The van der Waals surface area contributed by atoms with Crippen LogP contribution in [-0.4, -0.2) is 37.1 Å². The van der Waals surface area contributed by atoms with Crippen LogP contribution < -0.4 is 15.3 Å². The Morgan fingerprint density at radius 1 is 1.33 bits per heavy atom. The van der Waals surface area contributed by atoms with Crippen LogP contribution in [0, 0.1) is 0 Å². The number of amides is 1. The van der Waals surface area contributed by atoms with E-state index in [1.165, 1.54) is 24.3 Å². The van der Waals surface area contributed by atoms with E-state index in [2.05, 4.69) is 5.32 Å². The molecule has 0 heterocycles. The monoisotopic (exact) mass is 252 g/mol. The molecule has 1 rings (SSSR count). The van der Waals surface area contributed by atoms with Crippen LogP contribution in [0.25, 0.3) is 0 Å². The number of rotatable bonds is 5. The first-order valence-corrected chi connectivity index (χ1v) is 5.50. The number of hydrogen-bond donors (Lipinski definition) is 3. The van der Waals surface area contributed by atoms with Crippen LogP contribution in [0.15, 0.2) is 24.3 Å². The molecule has 6 heteroatoms. The summed E-state index contributed by atoms with van der Waals surface area (Å²) < 4.78 is 0. The summed E-state index contributed by atoms with van der Waals surface area (Å²) in [5.74, 6) is -1.56. The highest BCUT2D eigenvalue weighted by Gasteiger charge is 2.20. The first-order chi connectivity index (χ1) is 8.40. The van der Waals surface area contributed by atoms with Gasteiger partial charge in [0, 0.05) is 5.69 Å². The van der Waals surface area contributed by atoms with E-state index >= 15 is 0 Å². The molecule has 98 valence electrons. The van der Waals surface area contributed by atoms with E-state index in [-0.39, 0.29) is 12.2 Å². The van der Waals surface area contributed by atoms with E-state index in [1.54, 1.807) is 14.1 Å². The molecule has 0 saturated carbocycles. The van der Waals surface area contributed by atoms with Crippen molar-refractivity contribution in [3.8, 4) is 5.75 Å². The summed E-state index contributed by atoms with van der Waals surface area (Å²) in [6.07, 6.45) is -0.161. The maximum atomic E-state index is 11.6. The van der Waals surface area contributed by atoms with Gasteiger partial charge in [-0.2, -0.15) is 0 Å². The minimum atomic E-state index is -1.25. The molecule has 1 aromatic carbocycles. The van der Waals surface area contributed by atoms with Crippen molar-refractivity contribution in [1.29, 1.82) is 0 Å². The Labute approximate surface area is 105 Å². The molecule has 0 radical (unpaired) electrons. The predicted molar refractivity (Wildman–Crippen MR) is 63.0 cm³/mol. The van der Waals surface area contributed by atoms with Gasteiger partial charge >= 0.3 is 0 Å². The Kier molecular flexibility index (Phi) is 4.67. The van der Waals surface area contributed by atoms with Crippen molar-refractivity contribution >= 4 is 17.6 Å². The molecule has 1 amide bonds. The molecule has 18 heavy (non-hydrogen) atoms. The molecule has 3 N–H and O–H groups in total. The van der Waals surface area contributed by atoms with Gasteiger partial charge in [-0.3, -0.25) is 4.79 Å². The lowest BCUT2D eigenvalue weighted by Crippen LogP contribution is -3.12. The molecular weight excluding hydrogens is 236 g/mol. The highest BCUT2D eigenvalue weighted by atomic mass is 16.4. The zero-order chi connectivity index (χ0) is 13.7. The van der Waals surface area contributed by atoms with Gasteiger partial charge in [0.25, 0.3) is 0 Å². The summed E-state index contributed by atoms with van der Waals surface area (Å²) in [5, 5.41) is 22.5. The number of aliphatic carboxylic acids is 1. The average Bonchev–Trinajstić information content (AvgIpc) is 2.28. The molecule has 6 nitrogen and oxygen atoms in total. The van der Waals surface area contributed by atoms with E-state index in [0.717, 1.165) is 0 Å². The minimum absolute atomic E-state index is 0.0957. The summed E-state index contributed by atoms with van der Waals surface area (Å²) in [5.41, 5.74) is 0.503. The molecule has 0 aromatic heterocycles. The molecule has 0 spiro atoms. The lowest BCUT2D eigenvalue weighted by molar-refractivity contribution is -0.878. The zero-order valence-corrected chi connectivity index (χ0v) is 10.3. The van der Waals surface area contributed by atoms with Crippen molar-refractivity contribution in [2.75, 3.05) is 19.4 Å². The number of quaternary nitrogens is 1. The van der Waals surface area contributed by atoms with Crippen LogP contribution in [0.5, 0.6) is 5.75 Å². The maximum absolute atomic E-state index is 11.6. The number of phenols is 1. The van der Waals surface area contributed by atoms with Gasteiger partial charge in [0.2, 0.25) is 5.91 Å². The third kappa shape index (κ3) is 4.06. The Hall–Kier alpha value is -2.08. The summed E-state index contributed by atoms with van der Waals surface area (Å²) in [4.78, 5) is 23.1. The van der Waals surface area contributed by atoms with Crippen molar-refractivity contribution in [1.82, 2.24) is 0 Å². The van der Waals surface area contributed by atoms with E-state index in [0.29, 0.717) is 10.6 Å². The lowest BCUT2D eigenvalue weighted by Gasteiger charge is -2.21. The van der Waals surface area contributed by atoms with Crippen LogP contribution >= 0.6 is 0 Å². The van der Waals surface area contributed by atoms with Gasteiger partial charge in [-0.05, 0) is 24.3 Å². The summed E-state index contributed by atoms with van der Waals surface area (Å²) in [6, 6.07) is 5.04. The number of likely N-dealkylation sites (N-methyl/N-ethyl adjacent to an activating group) is 1. The topological polar surface area (TPSA) is 93.9 Å².